The number of aryl methyl sites for hydroxylation is 1. The molecule has 0 bridgehead atoms. The van der Waals surface area contributed by atoms with E-state index in [9.17, 15) is 4.79 Å². The standard InChI is InChI=1S/C18H28N4O2/c1-20-9-15(11-24-10-14-3-4-14)18(12-20)6-8-22(13-18)17(23)16-5-7-19-21(16)2/h5,7,14-15H,3-4,6,8-13H2,1-2H3/t15-,18+/m0/s1. The van der Waals surface area contributed by atoms with Gasteiger partial charge in [-0.1, -0.05) is 0 Å². The molecule has 2 aliphatic heterocycles. The van der Waals surface area contributed by atoms with E-state index in [1.165, 1.54) is 12.8 Å². The van der Waals surface area contributed by atoms with Crippen LogP contribution in [0.25, 0.3) is 0 Å². The molecule has 1 amide bonds. The van der Waals surface area contributed by atoms with Crippen LogP contribution < -0.4 is 0 Å². The van der Waals surface area contributed by atoms with Gasteiger partial charge in [-0.15, -0.1) is 0 Å². The Morgan fingerprint density at radius 3 is 2.88 bits per heavy atom. The zero-order valence-corrected chi connectivity index (χ0v) is 14.8. The molecule has 3 heterocycles. The van der Waals surface area contributed by atoms with Gasteiger partial charge in [0.25, 0.3) is 5.91 Å². The van der Waals surface area contributed by atoms with Gasteiger partial charge in [0, 0.05) is 57.4 Å². The van der Waals surface area contributed by atoms with Crippen molar-refractivity contribution in [3.05, 3.63) is 18.0 Å². The molecular weight excluding hydrogens is 304 g/mol. The summed E-state index contributed by atoms with van der Waals surface area (Å²) in [6, 6.07) is 1.81. The second-order valence-electron chi connectivity index (χ2n) is 8.05. The smallest absolute Gasteiger partial charge is 0.272 e. The van der Waals surface area contributed by atoms with Crippen molar-refractivity contribution < 1.29 is 9.53 Å². The van der Waals surface area contributed by atoms with Gasteiger partial charge < -0.3 is 14.5 Å². The molecule has 6 nitrogen and oxygen atoms in total. The Labute approximate surface area is 143 Å². The van der Waals surface area contributed by atoms with Crippen LogP contribution in [0.5, 0.6) is 0 Å². The minimum atomic E-state index is 0.110. The molecule has 1 spiro atoms. The molecule has 3 fully saturated rings. The molecular formula is C18H28N4O2. The van der Waals surface area contributed by atoms with Crippen molar-refractivity contribution >= 4 is 5.91 Å². The fraction of sp³-hybridized carbons (Fsp3) is 0.778. The Hall–Kier alpha value is -1.40. The van der Waals surface area contributed by atoms with E-state index in [0.29, 0.717) is 11.6 Å². The zero-order chi connectivity index (χ0) is 16.7. The molecule has 2 atom stereocenters. The molecule has 1 aromatic rings. The van der Waals surface area contributed by atoms with Gasteiger partial charge in [-0.05, 0) is 38.3 Å². The quantitative estimate of drug-likeness (QED) is 0.814. The summed E-state index contributed by atoms with van der Waals surface area (Å²) in [6.07, 6.45) is 5.45. The Morgan fingerprint density at radius 2 is 2.17 bits per heavy atom. The topological polar surface area (TPSA) is 50.6 Å². The van der Waals surface area contributed by atoms with Gasteiger partial charge in [0.1, 0.15) is 5.69 Å². The first kappa shape index (κ1) is 16.1. The van der Waals surface area contributed by atoms with Crippen molar-refractivity contribution in [1.82, 2.24) is 19.6 Å². The highest BCUT2D eigenvalue weighted by Crippen LogP contribution is 2.44. The molecule has 1 aliphatic carbocycles. The number of hydrogen-bond acceptors (Lipinski definition) is 4. The molecule has 0 N–H and O–H groups in total. The highest BCUT2D eigenvalue weighted by atomic mass is 16.5. The predicted octanol–water partition coefficient (Wildman–Crippen LogP) is 1.24. The van der Waals surface area contributed by atoms with Crippen LogP contribution in [0.15, 0.2) is 12.3 Å². The molecule has 1 saturated carbocycles. The molecule has 0 aromatic carbocycles. The van der Waals surface area contributed by atoms with Gasteiger partial charge >= 0.3 is 0 Å². The van der Waals surface area contributed by atoms with E-state index in [1.807, 2.05) is 18.0 Å². The van der Waals surface area contributed by atoms with Crippen LogP contribution in [0.4, 0.5) is 0 Å². The summed E-state index contributed by atoms with van der Waals surface area (Å²) in [5.41, 5.74) is 0.881. The Morgan fingerprint density at radius 1 is 1.33 bits per heavy atom. The highest BCUT2D eigenvalue weighted by molar-refractivity contribution is 5.92. The number of nitrogens with zero attached hydrogens (tertiary/aromatic N) is 4. The lowest BCUT2D eigenvalue weighted by Gasteiger charge is -2.30. The molecule has 0 unspecified atom stereocenters. The first-order valence-electron chi connectivity index (χ1n) is 9.11. The van der Waals surface area contributed by atoms with Crippen molar-refractivity contribution in [1.29, 1.82) is 0 Å². The van der Waals surface area contributed by atoms with Gasteiger partial charge in [0.05, 0.1) is 6.61 Å². The van der Waals surface area contributed by atoms with Crippen LogP contribution in [-0.2, 0) is 11.8 Å². The second kappa shape index (κ2) is 6.15. The minimum Gasteiger partial charge on any atom is -0.381 e. The number of amides is 1. The average molecular weight is 332 g/mol. The monoisotopic (exact) mass is 332 g/mol. The molecule has 1 aromatic heterocycles. The van der Waals surface area contributed by atoms with Crippen LogP contribution >= 0.6 is 0 Å². The summed E-state index contributed by atoms with van der Waals surface area (Å²) in [5.74, 6) is 1.45. The largest absolute Gasteiger partial charge is 0.381 e. The van der Waals surface area contributed by atoms with E-state index in [2.05, 4.69) is 17.0 Å². The van der Waals surface area contributed by atoms with Gasteiger partial charge in [-0.3, -0.25) is 9.48 Å². The summed E-state index contributed by atoms with van der Waals surface area (Å²) < 4.78 is 7.69. The van der Waals surface area contributed by atoms with E-state index >= 15 is 0 Å². The Balaban J connectivity index is 1.42. The Bertz CT molecular complexity index is 612. The fourth-order valence-electron chi connectivity index (χ4n) is 4.47. The number of rotatable bonds is 5. The lowest BCUT2D eigenvalue weighted by Crippen LogP contribution is -2.38. The normalized spacial score (nSPS) is 30.6. The van der Waals surface area contributed by atoms with Crippen molar-refractivity contribution in [3.8, 4) is 0 Å². The molecule has 3 aliphatic rings. The number of ether oxygens (including phenoxy) is 1. The van der Waals surface area contributed by atoms with Crippen LogP contribution in [0.3, 0.4) is 0 Å². The first-order chi connectivity index (χ1) is 11.6. The van der Waals surface area contributed by atoms with E-state index in [4.69, 9.17) is 4.74 Å². The van der Waals surface area contributed by atoms with E-state index in [0.717, 1.165) is 51.7 Å². The third-order valence-corrected chi connectivity index (χ3v) is 6.07. The molecule has 24 heavy (non-hydrogen) atoms. The summed E-state index contributed by atoms with van der Waals surface area (Å²) >= 11 is 0. The van der Waals surface area contributed by atoms with Crippen LogP contribution in [0.2, 0.25) is 0 Å². The molecule has 0 radical (unpaired) electrons. The lowest BCUT2D eigenvalue weighted by molar-refractivity contribution is 0.0527. The maximum atomic E-state index is 12.8. The van der Waals surface area contributed by atoms with Crippen LogP contribution in [-0.4, -0.2) is 71.9 Å². The van der Waals surface area contributed by atoms with E-state index in [1.54, 1.807) is 10.9 Å². The Kier molecular flexibility index (Phi) is 4.12. The van der Waals surface area contributed by atoms with Gasteiger partial charge in [0.15, 0.2) is 0 Å². The average Bonchev–Trinajstić information content (AvgIpc) is 2.98. The fourth-order valence-corrected chi connectivity index (χ4v) is 4.47. The minimum absolute atomic E-state index is 0.110. The van der Waals surface area contributed by atoms with Gasteiger partial charge in [0.2, 0.25) is 0 Å². The highest BCUT2D eigenvalue weighted by Gasteiger charge is 2.50. The summed E-state index contributed by atoms with van der Waals surface area (Å²) in [6.45, 7) is 5.61. The summed E-state index contributed by atoms with van der Waals surface area (Å²) in [5, 5.41) is 4.13. The molecule has 6 heteroatoms. The maximum absolute atomic E-state index is 12.8. The number of carbonyl (C=O) groups is 1. The van der Waals surface area contributed by atoms with Crippen molar-refractivity contribution in [2.24, 2.45) is 24.3 Å². The van der Waals surface area contributed by atoms with Crippen molar-refractivity contribution in [2.45, 2.75) is 19.3 Å². The molecule has 4 rings (SSSR count). The number of carbonyl (C=O) groups excluding carboxylic acids is 1. The van der Waals surface area contributed by atoms with Crippen LogP contribution in [0, 0.1) is 17.3 Å². The van der Waals surface area contributed by atoms with Crippen molar-refractivity contribution in [3.63, 3.8) is 0 Å². The summed E-state index contributed by atoms with van der Waals surface area (Å²) in [4.78, 5) is 17.2. The number of likely N-dealkylation sites (tertiary alicyclic amines) is 2. The third kappa shape index (κ3) is 2.97. The molecule has 2 saturated heterocycles. The van der Waals surface area contributed by atoms with Crippen molar-refractivity contribution in [2.75, 3.05) is 46.4 Å². The van der Waals surface area contributed by atoms with E-state index < -0.39 is 0 Å². The second-order valence-corrected chi connectivity index (χ2v) is 8.05. The zero-order valence-electron chi connectivity index (χ0n) is 14.8. The number of aromatic nitrogens is 2. The van der Waals surface area contributed by atoms with E-state index in [-0.39, 0.29) is 11.3 Å². The SMILES string of the molecule is CN1C[C@@H](COCC2CC2)[C@]2(CCN(C(=O)c3ccnn3C)C2)C1. The van der Waals surface area contributed by atoms with Gasteiger partial charge in [-0.25, -0.2) is 0 Å². The lowest BCUT2D eigenvalue weighted by atomic mass is 9.77. The number of hydrogen-bond donors (Lipinski definition) is 0. The predicted molar refractivity (Wildman–Crippen MR) is 90.7 cm³/mol. The molecule has 132 valence electrons. The third-order valence-electron chi connectivity index (χ3n) is 6.07. The van der Waals surface area contributed by atoms with Crippen LogP contribution in [0.1, 0.15) is 29.8 Å². The first-order valence-corrected chi connectivity index (χ1v) is 9.11. The summed E-state index contributed by atoms with van der Waals surface area (Å²) in [7, 11) is 4.02. The van der Waals surface area contributed by atoms with Gasteiger partial charge in [-0.2, -0.15) is 5.10 Å². The maximum Gasteiger partial charge on any atom is 0.272 e.